The molecular weight excluding hydrogens is 364 g/mol. The Hall–Kier alpha value is -2.82. The number of rotatable bonds is 9. The van der Waals surface area contributed by atoms with Gasteiger partial charge < -0.3 is 15.0 Å². The topological polar surface area (TPSA) is 58.6 Å². The molecule has 2 aromatic rings. The molecule has 0 bridgehead atoms. The van der Waals surface area contributed by atoms with E-state index in [4.69, 9.17) is 4.74 Å². The summed E-state index contributed by atoms with van der Waals surface area (Å²) < 4.78 is 5.70. The molecule has 0 saturated carbocycles. The molecule has 156 valence electrons. The zero-order chi connectivity index (χ0) is 21.4. The third kappa shape index (κ3) is 6.93. The maximum atomic E-state index is 13.0. The van der Waals surface area contributed by atoms with Gasteiger partial charge in [-0.05, 0) is 57.4 Å². The maximum absolute atomic E-state index is 13.0. The molecule has 2 aromatic carbocycles. The van der Waals surface area contributed by atoms with E-state index in [-0.39, 0.29) is 24.5 Å². The van der Waals surface area contributed by atoms with Crippen molar-refractivity contribution in [1.82, 2.24) is 10.2 Å². The summed E-state index contributed by atoms with van der Waals surface area (Å²) in [4.78, 5) is 27.3. The van der Waals surface area contributed by atoms with E-state index < -0.39 is 6.04 Å². The van der Waals surface area contributed by atoms with E-state index >= 15 is 0 Å². The SMILES string of the molecule is CC[C@@H](C)NC(=O)[C@@H](C)N(Cc1cccc(C)c1)C(=O)COc1cccc(C)c1. The predicted molar refractivity (Wildman–Crippen MR) is 116 cm³/mol. The summed E-state index contributed by atoms with van der Waals surface area (Å²) in [6.07, 6.45) is 0.834. The quantitative estimate of drug-likeness (QED) is 0.697. The molecule has 5 heteroatoms. The van der Waals surface area contributed by atoms with Crippen molar-refractivity contribution in [3.63, 3.8) is 0 Å². The summed E-state index contributed by atoms with van der Waals surface area (Å²) in [6, 6.07) is 15.0. The van der Waals surface area contributed by atoms with Crippen LogP contribution in [-0.2, 0) is 16.1 Å². The summed E-state index contributed by atoms with van der Waals surface area (Å²) in [5.74, 6) is 0.265. The fourth-order valence-electron chi connectivity index (χ4n) is 2.99. The molecule has 0 aliphatic rings. The van der Waals surface area contributed by atoms with Crippen molar-refractivity contribution in [2.24, 2.45) is 0 Å². The Balaban J connectivity index is 2.15. The van der Waals surface area contributed by atoms with Gasteiger partial charge in [0.2, 0.25) is 5.91 Å². The van der Waals surface area contributed by atoms with Crippen molar-refractivity contribution < 1.29 is 14.3 Å². The molecular formula is C24H32N2O3. The molecule has 0 saturated heterocycles. The van der Waals surface area contributed by atoms with E-state index in [0.717, 1.165) is 23.1 Å². The third-order valence-electron chi connectivity index (χ3n) is 4.96. The average molecular weight is 397 g/mol. The lowest BCUT2D eigenvalue weighted by Gasteiger charge is -2.29. The van der Waals surface area contributed by atoms with Crippen LogP contribution in [0.1, 0.15) is 43.9 Å². The number of nitrogens with zero attached hydrogens (tertiary/aromatic N) is 1. The molecule has 0 spiro atoms. The number of carbonyl (C=O) groups is 2. The molecule has 1 N–H and O–H groups in total. The smallest absolute Gasteiger partial charge is 0.261 e. The van der Waals surface area contributed by atoms with Gasteiger partial charge in [0, 0.05) is 12.6 Å². The van der Waals surface area contributed by atoms with E-state index in [1.54, 1.807) is 11.8 Å². The number of benzene rings is 2. The summed E-state index contributed by atoms with van der Waals surface area (Å²) in [6.45, 7) is 9.95. The van der Waals surface area contributed by atoms with Gasteiger partial charge in [0.1, 0.15) is 11.8 Å². The highest BCUT2D eigenvalue weighted by Gasteiger charge is 2.27. The van der Waals surface area contributed by atoms with E-state index in [1.165, 1.54) is 0 Å². The van der Waals surface area contributed by atoms with Gasteiger partial charge in [-0.3, -0.25) is 9.59 Å². The maximum Gasteiger partial charge on any atom is 0.261 e. The minimum atomic E-state index is -0.599. The van der Waals surface area contributed by atoms with Crippen molar-refractivity contribution in [2.45, 2.75) is 59.7 Å². The fraction of sp³-hybridized carbons (Fsp3) is 0.417. The molecule has 0 heterocycles. The first kappa shape index (κ1) is 22.5. The minimum Gasteiger partial charge on any atom is -0.484 e. The fourth-order valence-corrected chi connectivity index (χ4v) is 2.99. The molecule has 0 aliphatic heterocycles. The van der Waals surface area contributed by atoms with Crippen LogP contribution in [-0.4, -0.2) is 35.4 Å². The molecule has 0 aliphatic carbocycles. The number of aryl methyl sites for hydroxylation is 2. The second kappa shape index (κ2) is 10.6. The largest absolute Gasteiger partial charge is 0.484 e. The van der Waals surface area contributed by atoms with Crippen LogP contribution in [0.5, 0.6) is 5.75 Å². The van der Waals surface area contributed by atoms with E-state index in [9.17, 15) is 9.59 Å². The van der Waals surface area contributed by atoms with Crippen molar-refractivity contribution in [2.75, 3.05) is 6.61 Å². The van der Waals surface area contributed by atoms with Crippen LogP contribution >= 0.6 is 0 Å². The van der Waals surface area contributed by atoms with Crippen molar-refractivity contribution in [3.05, 3.63) is 65.2 Å². The van der Waals surface area contributed by atoms with Gasteiger partial charge >= 0.3 is 0 Å². The number of hydrogen-bond donors (Lipinski definition) is 1. The first-order chi connectivity index (χ1) is 13.8. The minimum absolute atomic E-state index is 0.0596. The Morgan fingerprint density at radius 1 is 1.03 bits per heavy atom. The van der Waals surface area contributed by atoms with Gasteiger partial charge in [-0.1, -0.05) is 48.9 Å². The van der Waals surface area contributed by atoms with Crippen LogP contribution in [0.4, 0.5) is 0 Å². The zero-order valence-electron chi connectivity index (χ0n) is 18.1. The Morgan fingerprint density at radius 3 is 2.31 bits per heavy atom. The molecule has 2 amide bonds. The number of hydrogen-bond acceptors (Lipinski definition) is 3. The summed E-state index contributed by atoms with van der Waals surface area (Å²) in [5.41, 5.74) is 3.16. The second-order valence-electron chi connectivity index (χ2n) is 7.61. The Kier molecular flexibility index (Phi) is 8.25. The lowest BCUT2D eigenvalue weighted by molar-refractivity contribution is -0.142. The third-order valence-corrected chi connectivity index (χ3v) is 4.96. The van der Waals surface area contributed by atoms with Crippen LogP contribution in [0.3, 0.4) is 0 Å². The van der Waals surface area contributed by atoms with Crippen molar-refractivity contribution in [1.29, 1.82) is 0 Å². The van der Waals surface area contributed by atoms with Crippen LogP contribution in [0.2, 0.25) is 0 Å². The Morgan fingerprint density at radius 2 is 1.69 bits per heavy atom. The van der Waals surface area contributed by atoms with Crippen LogP contribution < -0.4 is 10.1 Å². The van der Waals surface area contributed by atoms with Gasteiger partial charge in [0.15, 0.2) is 6.61 Å². The van der Waals surface area contributed by atoms with Crippen LogP contribution in [0, 0.1) is 13.8 Å². The normalized spacial score (nSPS) is 12.7. The first-order valence-corrected chi connectivity index (χ1v) is 10.1. The monoisotopic (exact) mass is 396 g/mol. The summed E-state index contributed by atoms with van der Waals surface area (Å²) in [7, 11) is 0. The van der Waals surface area contributed by atoms with Crippen molar-refractivity contribution >= 4 is 11.8 Å². The van der Waals surface area contributed by atoms with E-state index in [0.29, 0.717) is 12.3 Å². The average Bonchev–Trinajstić information content (AvgIpc) is 2.69. The van der Waals surface area contributed by atoms with Crippen LogP contribution in [0.15, 0.2) is 48.5 Å². The van der Waals surface area contributed by atoms with E-state index in [1.807, 2.05) is 76.2 Å². The highest BCUT2D eigenvalue weighted by Crippen LogP contribution is 2.15. The highest BCUT2D eigenvalue weighted by molar-refractivity contribution is 5.88. The lowest BCUT2D eigenvalue weighted by atomic mass is 10.1. The molecule has 2 atom stereocenters. The molecule has 29 heavy (non-hydrogen) atoms. The van der Waals surface area contributed by atoms with Gasteiger partial charge in [0.05, 0.1) is 0 Å². The summed E-state index contributed by atoms with van der Waals surface area (Å²) >= 11 is 0. The highest BCUT2D eigenvalue weighted by atomic mass is 16.5. The second-order valence-corrected chi connectivity index (χ2v) is 7.61. The van der Waals surface area contributed by atoms with Crippen molar-refractivity contribution in [3.8, 4) is 5.75 Å². The van der Waals surface area contributed by atoms with Crippen LogP contribution in [0.25, 0.3) is 0 Å². The number of nitrogens with one attached hydrogen (secondary N) is 1. The molecule has 0 fully saturated rings. The molecule has 2 rings (SSSR count). The molecule has 0 aromatic heterocycles. The first-order valence-electron chi connectivity index (χ1n) is 10.1. The lowest BCUT2D eigenvalue weighted by Crippen LogP contribution is -2.50. The van der Waals surface area contributed by atoms with Gasteiger partial charge in [-0.15, -0.1) is 0 Å². The number of amides is 2. The van der Waals surface area contributed by atoms with Gasteiger partial charge in [0.25, 0.3) is 5.91 Å². The van der Waals surface area contributed by atoms with E-state index in [2.05, 4.69) is 5.32 Å². The molecule has 0 radical (unpaired) electrons. The zero-order valence-corrected chi connectivity index (χ0v) is 18.1. The molecule has 5 nitrogen and oxygen atoms in total. The number of carbonyl (C=O) groups excluding carboxylic acids is 2. The van der Waals surface area contributed by atoms with Gasteiger partial charge in [-0.25, -0.2) is 0 Å². The Labute approximate surface area is 174 Å². The molecule has 0 unspecified atom stereocenters. The summed E-state index contributed by atoms with van der Waals surface area (Å²) in [5, 5.41) is 2.97. The standard InChI is InChI=1S/C24H32N2O3/c1-6-19(4)25-24(28)20(5)26(15-21-11-7-9-17(2)13-21)23(27)16-29-22-12-8-10-18(3)14-22/h7-14,19-20H,6,15-16H2,1-5H3,(H,25,28)/t19-,20-/m1/s1. The Bertz CT molecular complexity index is 834. The predicted octanol–water partition coefficient (Wildman–Crippen LogP) is 4.01. The number of ether oxygens (including phenoxy) is 1. The van der Waals surface area contributed by atoms with Gasteiger partial charge in [-0.2, -0.15) is 0 Å².